The number of rotatable bonds is 8. The van der Waals surface area contributed by atoms with E-state index in [1.807, 2.05) is 78.2 Å². The molecule has 0 saturated heterocycles. The maximum absolute atomic E-state index is 13.8. The summed E-state index contributed by atoms with van der Waals surface area (Å²) in [6.07, 6.45) is 0.182. The first-order valence-electron chi connectivity index (χ1n) is 11.3. The Morgan fingerprint density at radius 3 is 2.37 bits per heavy atom. The third kappa shape index (κ3) is 5.20. The molecule has 35 heavy (non-hydrogen) atoms. The molecule has 7 heteroatoms. The topological polar surface area (TPSA) is 67.9 Å². The summed E-state index contributed by atoms with van der Waals surface area (Å²) in [4.78, 5) is 30.0. The lowest BCUT2D eigenvalue weighted by molar-refractivity contribution is -0.126. The molecule has 4 aromatic rings. The maximum Gasteiger partial charge on any atom is 0.248 e. The number of nitrogens with one attached hydrogen (secondary N) is 1. The van der Waals surface area contributed by atoms with Gasteiger partial charge in [-0.1, -0.05) is 66.7 Å². The second-order valence-corrected chi connectivity index (χ2v) is 9.11. The lowest BCUT2D eigenvalue weighted by Gasteiger charge is -2.31. The molecule has 3 aromatic carbocycles. The third-order valence-corrected chi connectivity index (χ3v) is 6.62. The average Bonchev–Trinajstić information content (AvgIpc) is 3.58. The molecule has 6 nitrogen and oxygen atoms in total. The number of ether oxygens (including phenoxy) is 2. The summed E-state index contributed by atoms with van der Waals surface area (Å²) in [7, 11) is 0. The summed E-state index contributed by atoms with van der Waals surface area (Å²) in [5.41, 5.74) is 2.27. The highest BCUT2D eigenvalue weighted by Crippen LogP contribution is 2.38. The number of anilines is 1. The fourth-order valence-electron chi connectivity index (χ4n) is 4.05. The number of amides is 2. The van der Waals surface area contributed by atoms with Gasteiger partial charge >= 0.3 is 0 Å². The fourth-order valence-corrected chi connectivity index (χ4v) is 4.75. The van der Waals surface area contributed by atoms with Gasteiger partial charge < -0.3 is 14.8 Å². The summed E-state index contributed by atoms with van der Waals surface area (Å²) >= 11 is 1.51. The average molecular weight is 485 g/mol. The van der Waals surface area contributed by atoms with Crippen molar-refractivity contribution in [2.75, 3.05) is 11.7 Å². The van der Waals surface area contributed by atoms with Crippen LogP contribution in [-0.4, -0.2) is 18.6 Å². The van der Waals surface area contributed by atoms with Crippen molar-refractivity contribution in [3.63, 3.8) is 0 Å². The van der Waals surface area contributed by atoms with Crippen LogP contribution in [0.1, 0.15) is 22.0 Å². The number of carbonyl (C=O) groups excluding carboxylic acids is 2. The number of carbonyl (C=O) groups is 2. The Labute approximate surface area is 207 Å². The minimum Gasteiger partial charge on any atom is -0.454 e. The van der Waals surface area contributed by atoms with Crippen LogP contribution < -0.4 is 19.7 Å². The molecule has 1 aromatic heterocycles. The van der Waals surface area contributed by atoms with Gasteiger partial charge in [0.15, 0.2) is 11.5 Å². The first kappa shape index (κ1) is 22.7. The second kappa shape index (κ2) is 10.4. The summed E-state index contributed by atoms with van der Waals surface area (Å²) in [6, 6.07) is 27.4. The molecule has 0 aliphatic carbocycles. The van der Waals surface area contributed by atoms with E-state index in [0.29, 0.717) is 23.7 Å². The van der Waals surface area contributed by atoms with Gasteiger partial charge in [0.25, 0.3) is 0 Å². The lowest BCUT2D eigenvalue weighted by Crippen LogP contribution is -2.44. The van der Waals surface area contributed by atoms with Crippen molar-refractivity contribution in [2.45, 2.75) is 19.0 Å². The molecule has 0 radical (unpaired) electrons. The van der Waals surface area contributed by atoms with Gasteiger partial charge in [-0.2, -0.15) is 0 Å². The van der Waals surface area contributed by atoms with E-state index in [4.69, 9.17) is 9.47 Å². The molecular weight excluding hydrogens is 460 g/mol. The molecule has 2 amide bonds. The smallest absolute Gasteiger partial charge is 0.248 e. The highest BCUT2D eigenvalue weighted by atomic mass is 32.1. The highest BCUT2D eigenvalue weighted by Gasteiger charge is 2.33. The molecule has 176 valence electrons. The van der Waals surface area contributed by atoms with Gasteiger partial charge in [0.05, 0.1) is 6.42 Å². The highest BCUT2D eigenvalue weighted by molar-refractivity contribution is 7.10. The number of fused-ring (bicyclic) bond motifs is 1. The lowest BCUT2D eigenvalue weighted by atomic mass is 10.0. The van der Waals surface area contributed by atoms with E-state index in [9.17, 15) is 9.59 Å². The SMILES string of the molecule is O=C(NCc1ccccc1)[C@H](c1ccccc1)N(C(=O)Cc1cccs1)c1ccc2c(c1)OCO2. The van der Waals surface area contributed by atoms with Crippen molar-refractivity contribution in [2.24, 2.45) is 0 Å². The van der Waals surface area contributed by atoms with Crippen LogP contribution in [0.3, 0.4) is 0 Å². The molecule has 1 N–H and O–H groups in total. The Morgan fingerprint density at radius 1 is 0.886 bits per heavy atom. The van der Waals surface area contributed by atoms with Gasteiger partial charge in [-0.15, -0.1) is 11.3 Å². The number of benzene rings is 3. The predicted molar refractivity (Wildman–Crippen MR) is 136 cm³/mol. The normalized spacial score (nSPS) is 12.7. The van der Waals surface area contributed by atoms with E-state index in [1.54, 1.807) is 23.1 Å². The van der Waals surface area contributed by atoms with Gasteiger partial charge in [0.1, 0.15) is 6.04 Å². The van der Waals surface area contributed by atoms with E-state index in [2.05, 4.69) is 5.32 Å². The molecule has 0 spiro atoms. The first-order valence-corrected chi connectivity index (χ1v) is 12.2. The number of hydrogen-bond donors (Lipinski definition) is 1. The molecule has 0 fully saturated rings. The van der Waals surface area contributed by atoms with Crippen molar-refractivity contribution >= 4 is 28.8 Å². The molecule has 0 bridgehead atoms. The Kier molecular flexibility index (Phi) is 6.77. The summed E-state index contributed by atoms with van der Waals surface area (Å²) in [5.74, 6) is 0.712. The van der Waals surface area contributed by atoms with Gasteiger partial charge in [0, 0.05) is 23.2 Å². The van der Waals surface area contributed by atoms with E-state index >= 15 is 0 Å². The first-order chi connectivity index (χ1) is 17.2. The monoisotopic (exact) mass is 484 g/mol. The predicted octanol–water partition coefficient (Wildman–Crippen LogP) is 5.11. The number of hydrogen-bond acceptors (Lipinski definition) is 5. The van der Waals surface area contributed by atoms with Crippen molar-refractivity contribution < 1.29 is 19.1 Å². The minimum absolute atomic E-state index is 0.127. The zero-order chi connectivity index (χ0) is 24.0. The molecular formula is C28H24N2O4S. The zero-order valence-electron chi connectivity index (χ0n) is 18.9. The molecule has 1 aliphatic rings. The molecule has 2 heterocycles. The van der Waals surface area contributed by atoms with E-state index in [1.165, 1.54) is 11.3 Å². The zero-order valence-corrected chi connectivity index (χ0v) is 19.7. The Morgan fingerprint density at radius 2 is 1.63 bits per heavy atom. The van der Waals surface area contributed by atoms with Crippen LogP contribution in [0.5, 0.6) is 11.5 Å². The van der Waals surface area contributed by atoms with Crippen LogP contribution in [0.2, 0.25) is 0 Å². The maximum atomic E-state index is 13.8. The van der Waals surface area contributed by atoms with E-state index in [0.717, 1.165) is 16.0 Å². The molecule has 5 rings (SSSR count). The molecule has 0 saturated carbocycles. The van der Waals surface area contributed by atoms with Crippen LogP contribution in [0.4, 0.5) is 5.69 Å². The van der Waals surface area contributed by atoms with E-state index in [-0.39, 0.29) is 25.0 Å². The summed E-state index contributed by atoms with van der Waals surface area (Å²) < 4.78 is 11.0. The molecule has 1 atom stereocenters. The van der Waals surface area contributed by atoms with Gasteiger partial charge in [-0.05, 0) is 34.7 Å². The van der Waals surface area contributed by atoms with Crippen LogP contribution in [0.25, 0.3) is 0 Å². The van der Waals surface area contributed by atoms with Gasteiger partial charge in [-0.3, -0.25) is 14.5 Å². The van der Waals surface area contributed by atoms with Crippen molar-refractivity contribution in [1.29, 1.82) is 0 Å². The van der Waals surface area contributed by atoms with Crippen LogP contribution in [0, 0.1) is 0 Å². The quantitative estimate of drug-likeness (QED) is 0.377. The molecule has 1 aliphatic heterocycles. The Hall–Kier alpha value is -4.10. The Bertz CT molecular complexity index is 1290. The van der Waals surface area contributed by atoms with Crippen LogP contribution in [-0.2, 0) is 22.6 Å². The van der Waals surface area contributed by atoms with Crippen molar-refractivity contribution in [3.05, 3.63) is 112 Å². The molecule has 0 unspecified atom stereocenters. The van der Waals surface area contributed by atoms with Gasteiger partial charge in [0.2, 0.25) is 18.6 Å². The van der Waals surface area contributed by atoms with Crippen LogP contribution >= 0.6 is 11.3 Å². The van der Waals surface area contributed by atoms with Crippen molar-refractivity contribution in [3.8, 4) is 11.5 Å². The largest absolute Gasteiger partial charge is 0.454 e. The second-order valence-electron chi connectivity index (χ2n) is 8.07. The number of nitrogens with zero attached hydrogens (tertiary/aromatic N) is 1. The fraction of sp³-hybridized carbons (Fsp3) is 0.143. The third-order valence-electron chi connectivity index (χ3n) is 5.74. The Balaban J connectivity index is 1.53. The summed E-state index contributed by atoms with van der Waals surface area (Å²) in [6.45, 7) is 0.485. The standard InChI is InChI=1S/C28H24N2O4S/c31-26(17-23-12-7-15-35-23)30(22-13-14-24-25(16-22)34-19-33-24)27(21-10-5-2-6-11-21)28(32)29-18-20-8-3-1-4-9-20/h1-16,27H,17-19H2,(H,29,32)/t27-/m0/s1. The van der Waals surface area contributed by atoms with Crippen LogP contribution in [0.15, 0.2) is 96.4 Å². The minimum atomic E-state index is -0.868. The van der Waals surface area contributed by atoms with Gasteiger partial charge in [-0.25, -0.2) is 0 Å². The van der Waals surface area contributed by atoms with E-state index < -0.39 is 6.04 Å². The van der Waals surface area contributed by atoms with Crippen molar-refractivity contribution in [1.82, 2.24) is 5.32 Å². The summed E-state index contributed by atoms with van der Waals surface area (Å²) in [5, 5.41) is 4.97. The number of thiophene rings is 1.